The van der Waals surface area contributed by atoms with Crippen LogP contribution >= 0.6 is 0 Å². The number of hydrogen-bond donors (Lipinski definition) is 1. The zero-order valence-electron chi connectivity index (χ0n) is 12.5. The minimum Gasteiger partial charge on any atom is -0.368 e. The van der Waals surface area contributed by atoms with Crippen LogP contribution in [0.1, 0.15) is 23.3 Å². The van der Waals surface area contributed by atoms with Gasteiger partial charge in [0.1, 0.15) is 5.69 Å². The molecule has 0 saturated carbocycles. The van der Waals surface area contributed by atoms with Gasteiger partial charge in [0.15, 0.2) is 0 Å². The third-order valence-corrected chi connectivity index (χ3v) is 4.81. The fourth-order valence-electron chi connectivity index (χ4n) is 3.69. The van der Waals surface area contributed by atoms with E-state index in [0.29, 0.717) is 11.7 Å². The van der Waals surface area contributed by atoms with Gasteiger partial charge in [0.05, 0.1) is 5.52 Å². The minimum atomic E-state index is -0.476. The van der Waals surface area contributed by atoms with E-state index in [1.165, 1.54) is 19.4 Å². The molecule has 22 heavy (non-hydrogen) atoms. The SMILES string of the molecule is NC(=O)c1cc(N2CCN3CCC[C@H]3C2)c2c[c]ccc2n1. The van der Waals surface area contributed by atoms with E-state index in [2.05, 4.69) is 20.9 Å². The summed E-state index contributed by atoms with van der Waals surface area (Å²) in [6.07, 6.45) is 2.55. The Balaban J connectivity index is 1.78. The lowest BCUT2D eigenvalue weighted by molar-refractivity contribution is 0.0996. The number of pyridine rings is 1. The van der Waals surface area contributed by atoms with Crippen LogP contribution in [0, 0.1) is 6.07 Å². The molecular weight excluding hydrogens is 276 g/mol. The number of carbonyl (C=O) groups excluding carboxylic acids is 1. The van der Waals surface area contributed by atoms with E-state index in [9.17, 15) is 4.79 Å². The van der Waals surface area contributed by atoms with Crippen molar-refractivity contribution in [3.63, 3.8) is 0 Å². The molecule has 2 aliphatic heterocycles. The molecule has 5 heteroatoms. The number of hydrogen-bond acceptors (Lipinski definition) is 4. The Hall–Kier alpha value is -2.14. The van der Waals surface area contributed by atoms with Gasteiger partial charge in [-0.2, -0.15) is 0 Å². The molecule has 2 N–H and O–H groups in total. The van der Waals surface area contributed by atoms with Gasteiger partial charge in [0.25, 0.3) is 5.91 Å². The summed E-state index contributed by atoms with van der Waals surface area (Å²) >= 11 is 0. The molecule has 4 rings (SSSR count). The van der Waals surface area contributed by atoms with Crippen molar-refractivity contribution in [2.24, 2.45) is 5.73 Å². The highest BCUT2D eigenvalue weighted by atomic mass is 16.1. The number of amides is 1. The Morgan fingerprint density at radius 3 is 3.14 bits per heavy atom. The largest absolute Gasteiger partial charge is 0.368 e. The van der Waals surface area contributed by atoms with Gasteiger partial charge in [-0.25, -0.2) is 4.98 Å². The fraction of sp³-hybridized carbons (Fsp3) is 0.412. The summed E-state index contributed by atoms with van der Waals surface area (Å²) in [6.45, 7) is 4.28. The summed E-state index contributed by atoms with van der Waals surface area (Å²) in [5.74, 6) is -0.476. The average Bonchev–Trinajstić information content (AvgIpc) is 3.01. The third-order valence-electron chi connectivity index (χ3n) is 4.81. The monoisotopic (exact) mass is 295 g/mol. The summed E-state index contributed by atoms with van der Waals surface area (Å²) in [5, 5.41) is 1.04. The van der Waals surface area contributed by atoms with Crippen molar-refractivity contribution < 1.29 is 4.79 Å². The molecule has 1 radical (unpaired) electrons. The van der Waals surface area contributed by atoms with E-state index < -0.39 is 5.91 Å². The first kappa shape index (κ1) is 13.5. The van der Waals surface area contributed by atoms with Crippen molar-refractivity contribution in [2.75, 3.05) is 31.1 Å². The van der Waals surface area contributed by atoms with Crippen LogP contribution in [0.2, 0.25) is 0 Å². The molecule has 2 saturated heterocycles. The second kappa shape index (κ2) is 5.25. The van der Waals surface area contributed by atoms with Gasteiger partial charge >= 0.3 is 0 Å². The van der Waals surface area contributed by atoms with E-state index in [1.807, 2.05) is 24.3 Å². The van der Waals surface area contributed by atoms with Gasteiger partial charge in [-0.15, -0.1) is 0 Å². The lowest BCUT2D eigenvalue weighted by Crippen LogP contribution is -2.50. The van der Waals surface area contributed by atoms with Gasteiger partial charge in [-0.3, -0.25) is 9.69 Å². The lowest BCUT2D eigenvalue weighted by Gasteiger charge is -2.39. The van der Waals surface area contributed by atoms with Crippen LogP contribution in [0.5, 0.6) is 0 Å². The number of primary amides is 1. The maximum atomic E-state index is 11.6. The summed E-state index contributed by atoms with van der Waals surface area (Å²) in [6, 6.07) is 11.2. The molecule has 5 nitrogen and oxygen atoms in total. The van der Waals surface area contributed by atoms with Crippen molar-refractivity contribution in [1.29, 1.82) is 0 Å². The zero-order valence-corrected chi connectivity index (χ0v) is 12.5. The van der Waals surface area contributed by atoms with E-state index in [-0.39, 0.29) is 0 Å². The normalized spacial score (nSPS) is 22.0. The molecule has 2 aromatic rings. The number of piperazine rings is 1. The summed E-state index contributed by atoms with van der Waals surface area (Å²) in [4.78, 5) is 20.9. The van der Waals surface area contributed by atoms with Crippen LogP contribution in [-0.2, 0) is 0 Å². The van der Waals surface area contributed by atoms with Crippen molar-refractivity contribution in [2.45, 2.75) is 18.9 Å². The van der Waals surface area contributed by atoms with Crippen molar-refractivity contribution >= 4 is 22.5 Å². The number of nitrogens with zero attached hydrogens (tertiary/aromatic N) is 3. The Morgan fingerprint density at radius 2 is 2.27 bits per heavy atom. The van der Waals surface area contributed by atoms with E-state index in [0.717, 1.165) is 36.2 Å². The van der Waals surface area contributed by atoms with Gasteiger partial charge in [0, 0.05) is 36.7 Å². The maximum absolute atomic E-state index is 11.6. The predicted molar refractivity (Wildman–Crippen MR) is 85.9 cm³/mol. The van der Waals surface area contributed by atoms with E-state index in [1.54, 1.807) is 0 Å². The summed E-state index contributed by atoms with van der Waals surface area (Å²) in [5.41, 5.74) is 7.65. The first-order valence-corrected chi connectivity index (χ1v) is 7.82. The van der Waals surface area contributed by atoms with Crippen LogP contribution in [0.4, 0.5) is 5.69 Å². The highest BCUT2D eigenvalue weighted by Gasteiger charge is 2.31. The van der Waals surface area contributed by atoms with Crippen molar-refractivity contribution in [3.8, 4) is 0 Å². The number of nitrogens with two attached hydrogens (primary N) is 1. The van der Waals surface area contributed by atoms with Crippen molar-refractivity contribution in [3.05, 3.63) is 36.0 Å². The third kappa shape index (κ3) is 2.22. The maximum Gasteiger partial charge on any atom is 0.267 e. The fourth-order valence-corrected chi connectivity index (χ4v) is 3.69. The number of rotatable bonds is 2. The highest BCUT2D eigenvalue weighted by molar-refractivity contribution is 5.99. The van der Waals surface area contributed by atoms with Gasteiger partial charge in [-0.1, -0.05) is 6.07 Å². The average molecular weight is 295 g/mol. The Kier molecular flexibility index (Phi) is 3.22. The molecule has 0 bridgehead atoms. The molecule has 2 aliphatic rings. The van der Waals surface area contributed by atoms with Crippen LogP contribution in [-0.4, -0.2) is 48.0 Å². The second-order valence-corrected chi connectivity index (χ2v) is 6.11. The number of aromatic nitrogens is 1. The van der Waals surface area contributed by atoms with Gasteiger partial charge < -0.3 is 10.6 Å². The van der Waals surface area contributed by atoms with E-state index >= 15 is 0 Å². The molecule has 3 heterocycles. The Labute approximate surface area is 129 Å². The van der Waals surface area contributed by atoms with E-state index in [4.69, 9.17) is 5.73 Å². The van der Waals surface area contributed by atoms with Gasteiger partial charge in [0.2, 0.25) is 0 Å². The summed E-state index contributed by atoms with van der Waals surface area (Å²) in [7, 11) is 0. The number of fused-ring (bicyclic) bond motifs is 2. The quantitative estimate of drug-likeness (QED) is 0.910. The molecule has 0 unspecified atom stereocenters. The molecule has 1 aromatic carbocycles. The van der Waals surface area contributed by atoms with Crippen molar-refractivity contribution in [1.82, 2.24) is 9.88 Å². The molecular formula is C17H19N4O. The predicted octanol–water partition coefficient (Wildman–Crippen LogP) is 1.42. The van der Waals surface area contributed by atoms with Crippen LogP contribution in [0.3, 0.4) is 0 Å². The number of benzene rings is 1. The standard InChI is InChI=1S/C17H19N4O/c18-17(22)15-10-16(13-5-1-2-6-14(13)19-15)21-9-8-20-7-3-4-12(20)11-21/h2,5-6,10,12H,3-4,7-9,11H2,(H2,18,22)/t12-/m0/s1. The zero-order chi connectivity index (χ0) is 15.1. The smallest absolute Gasteiger partial charge is 0.267 e. The van der Waals surface area contributed by atoms with Crippen LogP contribution in [0.25, 0.3) is 10.9 Å². The molecule has 1 aromatic heterocycles. The molecule has 1 atom stereocenters. The molecule has 0 spiro atoms. The Bertz CT molecular complexity index is 730. The molecule has 0 aliphatic carbocycles. The van der Waals surface area contributed by atoms with Gasteiger partial charge in [-0.05, 0) is 43.7 Å². The topological polar surface area (TPSA) is 62.5 Å². The minimum absolute atomic E-state index is 0.336. The molecule has 113 valence electrons. The highest BCUT2D eigenvalue weighted by Crippen LogP contribution is 2.30. The molecule has 1 amide bonds. The van der Waals surface area contributed by atoms with Crippen LogP contribution in [0.15, 0.2) is 24.3 Å². The lowest BCUT2D eigenvalue weighted by atomic mass is 10.1. The summed E-state index contributed by atoms with van der Waals surface area (Å²) < 4.78 is 0. The first-order valence-electron chi connectivity index (χ1n) is 7.82. The molecule has 2 fully saturated rings. The second-order valence-electron chi connectivity index (χ2n) is 6.11. The number of carbonyl (C=O) groups is 1. The number of anilines is 1. The Morgan fingerprint density at radius 1 is 1.36 bits per heavy atom. The first-order chi connectivity index (χ1) is 10.7. The van der Waals surface area contributed by atoms with Crippen LogP contribution < -0.4 is 10.6 Å².